The normalized spacial score (nSPS) is 10.7. The molecular formula is C75H130O9. The molecule has 0 aromatic heterocycles. The van der Waals surface area contributed by atoms with Crippen molar-refractivity contribution in [3.05, 3.63) is 108 Å². The number of unbranched alkanes of at least 4 members (excludes halogenated alkanes) is 26. The van der Waals surface area contributed by atoms with Crippen molar-refractivity contribution in [2.24, 2.45) is 0 Å². The van der Waals surface area contributed by atoms with E-state index in [9.17, 15) is 9.90 Å². The van der Waals surface area contributed by atoms with Gasteiger partial charge in [-0.3, -0.25) is 4.79 Å². The quantitative estimate of drug-likeness (QED) is 0.0256. The zero-order valence-corrected chi connectivity index (χ0v) is 52.6. The lowest BCUT2D eigenvalue weighted by Crippen LogP contribution is -2.37. The molecule has 3 aromatic rings. The second kappa shape index (κ2) is 64.7. The van der Waals surface area contributed by atoms with Crippen molar-refractivity contribution in [1.82, 2.24) is 0 Å². The molecule has 0 amide bonds. The zero-order chi connectivity index (χ0) is 60.5. The van der Waals surface area contributed by atoms with Gasteiger partial charge in [0.1, 0.15) is 23.9 Å². The Bertz CT molecular complexity index is 2100. The number of hydrogen-bond acceptors (Lipinski definition) is 9. The number of carbonyl (C=O) groups excluding carboxylic acids is 1. The summed E-state index contributed by atoms with van der Waals surface area (Å²) in [7, 11) is 0. The molecule has 9 heteroatoms. The first kappa shape index (κ1) is 80.2. The summed E-state index contributed by atoms with van der Waals surface area (Å²) in [6.07, 6.45) is 49.0. The molecular weight excluding hydrogens is 1040 g/mol. The number of hydrogen-bond donors (Lipinski definition) is 1. The van der Waals surface area contributed by atoms with Crippen LogP contribution in [0, 0.1) is 60.3 Å². The van der Waals surface area contributed by atoms with Crippen LogP contribution in [0.2, 0.25) is 0 Å². The Morgan fingerprint density at radius 3 is 1.08 bits per heavy atom. The average molecular weight is 1180 g/mol. The van der Waals surface area contributed by atoms with Gasteiger partial charge in [0.2, 0.25) is 0 Å². The third-order valence-corrected chi connectivity index (χ3v) is 13.5. The lowest BCUT2D eigenvalue weighted by Gasteiger charge is -2.36. The molecule has 0 aliphatic rings. The molecule has 1 N–H and O–H groups in total. The van der Waals surface area contributed by atoms with E-state index in [0.29, 0.717) is 46.1 Å². The van der Waals surface area contributed by atoms with E-state index in [1.165, 1.54) is 167 Å². The van der Waals surface area contributed by atoms with Crippen molar-refractivity contribution in [2.45, 2.75) is 247 Å². The molecule has 0 saturated heterocycles. The van der Waals surface area contributed by atoms with Crippen LogP contribution in [0.4, 0.5) is 0 Å². The average Bonchev–Trinajstić information content (AvgIpc) is 0.776. The minimum atomic E-state index is -0.823. The van der Waals surface area contributed by atoms with Gasteiger partial charge in [-0.2, -0.15) is 0 Å². The maximum atomic E-state index is 9.20. The Morgan fingerprint density at radius 1 is 0.476 bits per heavy atom. The Labute approximate surface area is 526 Å². The maximum absolute atomic E-state index is 9.20. The zero-order valence-electron chi connectivity index (χ0n) is 52.6. The van der Waals surface area contributed by atoms with Crippen LogP contribution in [0.15, 0.2) is 91.0 Å². The molecule has 0 bridgehead atoms. The molecule has 84 heavy (non-hydrogen) atoms. The number of benzene rings is 3. The van der Waals surface area contributed by atoms with E-state index in [-0.39, 0.29) is 37.7 Å². The van der Waals surface area contributed by atoms with Gasteiger partial charge in [-0.1, -0.05) is 297 Å². The molecule has 0 spiro atoms. The van der Waals surface area contributed by atoms with E-state index in [2.05, 4.69) is 150 Å². The van der Waals surface area contributed by atoms with Gasteiger partial charge < -0.3 is 38.3 Å². The minimum absolute atomic E-state index is 0. The van der Waals surface area contributed by atoms with E-state index in [0.717, 1.165) is 36.1 Å². The number of terminal acetylenes is 1. The van der Waals surface area contributed by atoms with Crippen molar-refractivity contribution < 1.29 is 54.5 Å². The first-order valence-corrected chi connectivity index (χ1v) is 31.8. The second-order valence-corrected chi connectivity index (χ2v) is 20.4. The standard InChI is InChI=1S/C43H56O3.C24H42O3.C4H6O.C3H6O2.CH4.8H2/c1-3-5-7-8-9-10-11-12-13-14-15-16-17-28-35-44-37-42(45-36-27-6-4-2)38-46-43(39-29-21-18-22-30-39,40-31-23-19-24-32-40)41-33-25-20-26-34-41;1-3-5-7-8-9-10-11-12-13-14-15-16-17-19-20-26-23-24(22-25)27-21-18-6-4-2;1-3-5-4-2;1-2-5-3-4;;;;;;;;;/h18-26,29-34,42H,3,5,7-17,28,35,37-38H2,1-2H3;24-25H,3,5,7-17,19-20,22-23H2,1-2H3;1H,4H2,2H3;3H,2H2,1H3;1H4;8*1H. The molecule has 0 saturated carbocycles. The minimum Gasteiger partial charge on any atom is -0.468 e. The summed E-state index contributed by atoms with van der Waals surface area (Å²) in [5, 5.41) is 9.20. The fourth-order valence-corrected chi connectivity index (χ4v) is 9.01. The smallest absolute Gasteiger partial charge is 0.293 e. The fourth-order valence-electron chi connectivity index (χ4n) is 9.01. The van der Waals surface area contributed by atoms with Crippen LogP contribution in [0.5, 0.6) is 0 Å². The van der Waals surface area contributed by atoms with Gasteiger partial charge in [-0.25, -0.2) is 0 Å². The van der Waals surface area contributed by atoms with E-state index in [1.54, 1.807) is 20.8 Å². The van der Waals surface area contributed by atoms with Crippen molar-refractivity contribution in [3.8, 4) is 60.3 Å². The number of aliphatic hydroxyl groups excluding tert-OH is 1. The van der Waals surface area contributed by atoms with Crippen LogP contribution < -0.4 is 0 Å². The molecule has 2 atom stereocenters. The number of aliphatic hydroxyl groups is 1. The SMILES string of the molecule is C.C#COCC.CC#CC#COC(CO)COCCCCCCCCCCCCCCCC.CC#CC#COC(COCCCCCCCCCCCCCCCC)COC(c1ccccc1)(c1ccccc1)c1ccccc1.CCOC=O.[HH].[HH].[HH].[HH].[HH].[HH].[HH].[HH]. The maximum Gasteiger partial charge on any atom is 0.293 e. The summed E-state index contributed by atoms with van der Waals surface area (Å²) in [5.74, 6) is 16.1. The van der Waals surface area contributed by atoms with Crippen molar-refractivity contribution in [2.75, 3.05) is 52.9 Å². The van der Waals surface area contributed by atoms with E-state index >= 15 is 0 Å². The molecule has 3 rings (SSSR count). The highest BCUT2D eigenvalue weighted by atomic mass is 16.6. The third-order valence-electron chi connectivity index (χ3n) is 13.5. The Balaban J connectivity index is -0.000000157. The molecule has 0 fully saturated rings. The van der Waals surface area contributed by atoms with Crippen LogP contribution in [-0.2, 0) is 43.6 Å². The number of carbonyl (C=O) groups is 1. The Kier molecular flexibility index (Phi) is 61.8. The van der Waals surface area contributed by atoms with Gasteiger partial charge in [-0.05, 0) is 69.1 Å². The second-order valence-electron chi connectivity index (χ2n) is 20.4. The monoisotopic (exact) mass is 1170 g/mol. The van der Waals surface area contributed by atoms with Crippen LogP contribution >= 0.6 is 0 Å². The van der Waals surface area contributed by atoms with Gasteiger partial charge in [-0.15, -0.1) is 0 Å². The van der Waals surface area contributed by atoms with Crippen LogP contribution in [0.1, 0.15) is 257 Å². The summed E-state index contributed by atoms with van der Waals surface area (Å²) in [4.78, 5) is 9.18. The highest BCUT2D eigenvalue weighted by Gasteiger charge is 2.38. The van der Waals surface area contributed by atoms with E-state index < -0.39 is 5.60 Å². The number of rotatable bonds is 46. The Hall–Kier alpha value is -5.83. The van der Waals surface area contributed by atoms with E-state index in [1.807, 2.05) is 31.2 Å². The summed E-state index contributed by atoms with van der Waals surface area (Å²) in [6.45, 7) is 15.6. The predicted molar refractivity (Wildman–Crippen MR) is 368 cm³/mol. The van der Waals surface area contributed by atoms with Gasteiger partial charge >= 0.3 is 0 Å². The van der Waals surface area contributed by atoms with Crippen molar-refractivity contribution in [3.63, 3.8) is 0 Å². The molecule has 0 radical (unpaired) electrons. The molecule has 2 unspecified atom stereocenters. The summed E-state index contributed by atoms with van der Waals surface area (Å²) in [6, 6.07) is 31.2. The van der Waals surface area contributed by atoms with Crippen LogP contribution in [0.25, 0.3) is 0 Å². The lowest BCUT2D eigenvalue weighted by atomic mass is 9.80. The highest BCUT2D eigenvalue weighted by Crippen LogP contribution is 2.40. The topological polar surface area (TPSA) is 102 Å². The fraction of sp³-hybridized carbons (Fsp3) is 0.613. The van der Waals surface area contributed by atoms with Gasteiger partial charge in [0.05, 0.1) is 39.6 Å². The lowest BCUT2D eigenvalue weighted by molar-refractivity contribution is -0.128. The van der Waals surface area contributed by atoms with Crippen molar-refractivity contribution >= 4 is 6.47 Å². The first-order valence-electron chi connectivity index (χ1n) is 31.8. The van der Waals surface area contributed by atoms with Crippen molar-refractivity contribution in [1.29, 1.82) is 0 Å². The van der Waals surface area contributed by atoms with Gasteiger partial charge in [0.15, 0.2) is 12.2 Å². The molecule has 3 aromatic carbocycles. The summed E-state index contributed by atoms with van der Waals surface area (Å²) >= 11 is 0. The highest BCUT2D eigenvalue weighted by molar-refractivity contribution is 5.47. The largest absolute Gasteiger partial charge is 0.468 e. The van der Waals surface area contributed by atoms with Gasteiger partial charge in [0, 0.05) is 36.5 Å². The Morgan fingerprint density at radius 2 is 0.810 bits per heavy atom. The molecule has 9 nitrogen and oxygen atoms in total. The van der Waals surface area contributed by atoms with Crippen LogP contribution in [0.3, 0.4) is 0 Å². The summed E-state index contributed by atoms with van der Waals surface area (Å²) in [5.41, 5.74) is 2.34. The molecule has 0 aliphatic heterocycles. The van der Waals surface area contributed by atoms with Gasteiger partial charge in [0.25, 0.3) is 6.47 Å². The predicted octanol–water partition coefficient (Wildman–Crippen LogP) is 20.1. The third kappa shape index (κ3) is 46.5. The molecule has 484 valence electrons. The molecule has 0 heterocycles. The summed E-state index contributed by atoms with van der Waals surface area (Å²) < 4.78 is 38.3. The molecule has 0 aliphatic carbocycles. The van der Waals surface area contributed by atoms with Crippen LogP contribution in [-0.4, -0.2) is 76.6 Å². The number of ether oxygens (including phenoxy) is 7. The van der Waals surface area contributed by atoms with E-state index in [4.69, 9.17) is 23.7 Å². The first-order chi connectivity index (χ1) is 41.0.